The predicted octanol–water partition coefficient (Wildman–Crippen LogP) is 4.64. The molecular weight excluding hydrogens is 372 g/mol. The van der Waals surface area contributed by atoms with Gasteiger partial charge in [0.05, 0.1) is 17.9 Å². The van der Waals surface area contributed by atoms with Crippen LogP contribution in [0.3, 0.4) is 0 Å². The Balaban J connectivity index is 1.89. The molecule has 28 heavy (non-hydrogen) atoms. The summed E-state index contributed by atoms with van der Waals surface area (Å²) in [4.78, 5) is 15.1. The third-order valence-corrected chi connectivity index (χ3v) is 6.65. The molecule has 6 heteroatoms. The van der Waals surface area contributed by atoms with Crippen molar-refractivity contribution < 1.29 is 13.2 Å². The van der Waals surface area contributed by atoms with Crippen molar-refractivity contribution in [3.05, 3.63) is 89.5 Å². The zero-order valence-corrected chi connectivity index (χ0v) is 16.5. The summed E-state index contributed by atoms with van der Waals surface area (Å²) in [5.74, 6) is 0. The third-order valence-electron chi connectivity index (χ3n) is 4.90. The quantitative estimate of drug-likeness (QED) is 0.652. The highest BCUT2D eigenvalue weighted by atomic mass is 32.2. The molecular formula is C22H20N2O3S. The molecule has 1 heterocycles. The number of anilines is 2. The zero-order valence-electron chi connectivity index (χ0n) is 15.7. The number of carbonyl (C=O) groups excluding carboxylic acids is 1. The Morgan fingerprint density at radius 1 is 0.857 bits per heavy atom. The monoisotopic (exact) mass is 392 g/mol. The molecule has 5 nitrogen and oxygen atoms in total. The van der Waals surface area contributed by atoms with E-state index in [1.807, 2.05) is 44.2 Å². The fraction of sp³-hybridized carbons (Fsp3) is 0.136. The van der Waals surface area contributed by atoms with E-state index in [4.69, 9.17) is 0 Å². The molecule has 0 aromatic heterocycles. The van der Waals surface area contributed by atoms with Crippen molar-refractivity contribution in [3.8, 4) is 0 Å². The second-order valence-corrected chi connectivity index (χ2v) is 8.63. The number of sulfonamides is 1. The summed E-state index contributed by atoms with van der Waals surface area (Å²) in [6.07, 6.45) is 0. The van der Waals surface area contributed by atoms with Crippen molar-refractivity contribution in [2.45, 2.75) is 25.3 Å². The number of hydrogen-bond acceptors (Lipinski definition) is 3. The van der Waals surface area contributed by atoms with Gasteiger partial charge in [0.2, 0.25) is 0 Å². The molecule has 0 unspecified atom stereocenters. The topological polar surface area (TPSA) is 57.7 Å². The fourth-order valence-electron chi connectivity index (χ4n) is 3.43. The molecule has 2 amide bonds. The molecule has 0 aliphatic carbocycles. The maximum atomic E-state index is 13.4. The van der Waals surface area contributed by atoms with Gasteiger partial charge in [-0.2, -0.15) is 4.31 Å². The summed E-state index contributed by atoms with van der Waals surface area (Å²) in [7, 11) is -4.00. The van der Waals surface area contributed by atoms with E-state index < -0.39 is 16.1 Å². The van der Waals surface area contributed by atoms with E-state index in [0.29, 0.717) is 17.9 Å². The summed E-state index contributed by atoms with van der Waals surface area (Å²) in [5.41, 5.74) is 3.64. The molecule has 4 rings (SSSR count). The number of carbonyl (C=O) groups is 1. The van der Waals surface area contributed by atoms with Crippen LogP contribution < -0.4 is 9.21 Å². The van der Waals surface area contributed by atoms with Crippen molar-refractivity contribution >= 4 is 27.4 Å². The van der Waals surface area contributed by atoms with Gasteiger partial charge >= 0.3 is 6.03 Å². The van der Waals surface area contributed by atoms with Gasteiger partial charge in [-0.25, -0.2) is 13.2 Å². The van der Waals surface area contributed by atoms with E-state index in [2.05, 4.69) is 0 Å². The lowest BCUT2D eigenvalue weighted by Gasteiger charge is -2.36. The first kappa shape index (κ1) is 18.3. The van der Waals surface area contributed by atoms with Gasteiger partial charge in [0.15, 0.2) is 0 Å². The van der Waals surface area contributed by atoms with Crippen LogP contribution in [0, 0.1) is 13.8 Å². The standard InChI is InChI=1S/C22H20N2O3S/c1-16-8-7-11-19(14-16)24-22(25)23(15-18-10-4-3-9-17(18)2)20-12-5-6-13-21(20)28(24,26)27/h3-14H,15H2,1-2H3. The Morgan fingerprint density at radius 3 is 2.32 bits per heavy atom. The largest absolute Gasteiger partial charge is 0.343 e. The predicted molar refractivity (Wildman–Crippen MR) is 110 cm³/mol. The summed E-state index contributed by atoms with van der Waals surface area (Å²) >= 11 is 0. The minimum absolute atomic E-state index is 0.129. The average Bonchev–Trinajstić information content (AvgIpc) is 2.66. The van der Waals surface area contributed by atoms with Crippen molar-refractivity contribution in [1.82, 2.24) is 0 Å². The summed E-state index contributed by atoms with van der Waals surface area (Å²) in [5, 5.41) is 0. The lowest BCUT2D eigenvalue weighted by Crippen LogP contribution is -2.50. The summed E-state index contributed by atoms with van der Waals surface area (Å²) in [6.45, 7) is 4.13. The van der Waals surface area contributed by atoms with Crippen molar-refractivity contribution in [1.29, 1.82) is 0 Å². The van der Waals surface area contributed by atoms with Crippen molar-refractivity contribution in [3.63, 3.8) is 0 Å². The van der Waals surface area contributed by atoms with Crippen LogP contribution in [-0.2, 0) is 16.6 Å². The molecule has 0 bridgehead atoms. The molecule has 0 atom stereocenters. The molecule has 0 spiro atoms. The van der Waals surface area contributed by atoms with E-state index in [1.54, 1.807) is 42.5 Å². The Labute approximate surface area is 164 Å². The van der Waals surface area contributed by atoms with Crippen molar-refractivity contribution in [2.24, 2.45) is 0 Å². The van der Waals surface area contributed by atoms with Gasteiger partial charge < -0.3 is 0 Å². The lowest BCUT2D eigenvalue weighted by atomic mass is 10.1. The fourth-order valence-corrected chi connectivity index (χ4v) is 5.01. The molecule has 0 saturated carbocycles. The molecule has 1 aliphatic rings. The maximum Gasteiger partial charge on any atom is 0.343 e. The minimum Gasteiger partial charge on any atom is -0.287 e. The Kier molecular flexibility index (Phi) is 4.43. The number of benzene rings is 3. The number of rotatable bonds is 3. The highest BCUT2D eigenvalue weighted by molar-refractivity contribution is 7.94. The molecule has 0 saturated heterocycles. The van der Waals surface area contributed by atoms with Gasteiger partial charge in [0.25, 0.3) is 10.0 Å². The van der Waals surface area contributed by atoms with Crippen molar-refractivity contribution in [2.75, 3.05) is 9.21 Å². The number of urea groups is 1. The van der Waals surface area contributed by atoms with Crippen LogP contribution in [0.2, 0.25) is 0 Å². The molecule has 0 fully saturated rings. The highest BCUT2D eigenvalue weighted by Crippen LogP contribution is 2.38. The number of nitrogens with zero attached hydrogens (tertiary/aromatic N) is 2. The first-order chi connectivity index (χ1) is 13.4. The second-order valence-electron chi connectivity index (χ2n) is 6.87. The van der Waals surface area contributed by atoms with Crippen LogP contribution in [0.1, 0.15) is 16.7 Å². The SMILES string of the molecule is Cc1cccc(N2C(=O)N(Cc3ccccc3C)c3ccccc3S2(=O)=O)c1. The van der Waals surface area contributed by atoms with Gasteiger partial charge in [-0.05, 0) is 54.8 Å². The molecule has 3 aromatic carbocycles. The van der Waals surface area contributed by atoms with Gasteiger partial charge in [-0.15, -0.1) is 0 Å². The number of aryl methyl sites for hydroxylation is 2. The van der Waals surface area contributed by atoms with Crippen LogP contribution in [0.4, 0.5) is 16.2 Å². The first-order valence-electron chi connectivity index (χ1n) is 8.96. The average molecular weight is 392 g/mol. The minimum atomic E-state index is -4.00. The van der Waals surface area contributed by atoms with Gasteiger partial charge in [-0.3, -0.25) is 4.90 Å². The molecule has 142 valence electrons. The van der Waals surface area contributed by atoms with Crippen LogP contribution in [0.5, 0.6) is 0 Å². The van der Waals surface area contributed by atoms with Gasteiger partial charge in [0.1, 0.15) is 4.90 Å². The third kappa shape index (κ3) is 2.96. The normalized spacial score (nSPS) is 15.4. The van der Waals surface area contributed by atoms with E-state index in [9.17, 15) is 13.2 Å². The molecule has 0 N–H and O–H groups in total. The molecule has 3 aromatic rings. The van der Waals surface area contributed by atoms with Crippen LogP contribution >= 0.6 is 0 Å². The smallest absolute Gasteiger partial charge is 0.287 e. The number of para-hydroxylation sites is 1. The Hall–Kier alpha value is -3.12. The van der Waals surface area contributed by atoms with Crippen LogP contribution in [0.15, 0.2) is 77.7 Å². The Bertz CT molecular complexity index is 1170. The Morgan fingerprint density at radius 2 is 1.57 bits per heavy atom. The second kappa shape index (κ2) is 6.80. The van der Waals surface area contributed by atoms with E-state index in [-0.39, 0.29) is 4.90 Å². The maximum absolute atomic E-state index is 13.4. The zero-order chi connectivity index (χ0) is 19.9. The highest BCUT2D eigenvalue weighted by Gasteiger charge is 2.42. The summed E-state index contributed by atoms with van der Waals surface area (Å²) in [6, 6.07) is 20.8. The molecule has 1 aliphatic heterocycles. The molecule has 0 radical (unpaired) electrons. The first-order valence-corrected chi connectivity index (χ1v) is 10.4. The summed E-state index contributed by atoms with van der Waals surface area (Å²) < 4.78 is 27.4. The van der Waals surface area contributed by atoms with Gasteiger partial charge in [0, 0.05) is 0 Å². The van der Waals surface area contributed by atoms with Gasteiger partial charge in [-0.1, -0.05) is 48.5 Å². The number of hydrogen-bond donors (Lipinski definition) is 0. The number of fused-ring (bicyclic) bond motifs is 1. The lowest BCUT2D eigenvalue weighted by molar-refractivity contribution is 0.253. The van der Waals surface area contributed by atoms with Crippen LogP contribution in [0.25, 0.3) is 0 Å². The number of amides is 2. The van der Waals surface area contributed by atoms with Crippen LogP contribution in [-0.4, -0.2) is 14.4 Å². The van der Waals surface area contributed by atoms with E-state index in [1.165, 1.54) is 4.90 Å². The van der Waals surface area contributed by atoms with E-state index in [0.717, 1.165) is 21.0 Å². The van der Waals surface area contributed by atoms with E-state index >= 15 is 0 Å².